The number of piperidine rings is 1. The lowest BCUT2D eigenvalue weighted by Crippen LogP contribution is -2.40. The van der Waals surface area contributed by atoms with Gasteiger partial charge >= 0.3 is 0 Å². The number of carbonyl (C=O) groups excluding carboxylic acids is 2. The van der Waals surface area contributed by atoms with E-state index in [-0.39, 0.29) is 24.0 Å². The minimum absolute atomic E-state index is 0.00709. The molecule has 0 saturated carbocycles. The third-order valence-electron chi connectivity index (χ3n) is 8.13. The van der Waals surface area contributed by atoms with Crippen LogP contribution in [0.4, 0.5) is 15.2 Å². The van der Waals surface area contributed by atoms with Gasteiger partial charge in [-0.05, 0) is 54.8 Å². The number of benzene rings is 1. The molecule has 5 heterocycles. The summed E-state index contributed by atoms with van der Waals surface area (Å²) in [6.07, 6.45) is 6.53. The lowest BCUT2D eigenvalue weighted by atomic mass is 10.1. The molecule has 44 heavy (non-hydrogen) atoms. The van der Waals surface area contributed by atoms with E-state index in [9.17, 15) is 19.2 Å². The second-order valence-electron chi connectivity index (χ2n) is 11.0. The highest BCUT2D eigenvalue weighted by Crippen LogP contribution is 2.39. The van der Waals surface area contributed by atoms with Crippen molar-refractivity contribution in [2.24, 2.45) is 0 Å². The number of aromatic nitrogens is 3. The highest BCUT2D eigenvalue weighted by Gasteiger charge is 2.30. The first-order valence-electron chi connectivity index (χ1n) is 14.6. The van der Waals surface area contributed by atoms with E-state index in [4.69, 9.17) is 9.72 Å². The van der Waals surface area contributed by atoms with Crippen LogP contribution in [0.2, 0.25) is 0 Å². The molecule has 0 aliphatic carbocycles. The molecule has 3 aromatic heterocycles. The first-order valence-corrected chi connectivity index (χ1v) is 15.5. The maximum absolute atomic E-state index is 13.5. The van der Waals surface area contributed by atoms with Crippen molar-refractivity contribution in [3.8, 4) is 11.8 Å². The zero-order valence-corrected chi connectivity index (χ0v) is 25.1. The van der Waals surface area contributed by atoms with Crippen molar-refractivity contribution in [3.05, 3.63) is 88.7 Å². The number of hydrogen-bond donors (Lipinski definition) is 1. The summed E-state index contributed by atoms with van der Waals surface area (Å²) in [6.45, 7) is 4.05. The van der Waals surface area contributed by atoms with Gasteiger partial charge in [0.05, 0.1) is 23.0 Å². The van der Waals surface area contributed by atoms with Gasteiger partial charge in [0.2, 0.25) is 11.9 Å². The lowest BCUT2D eigenvalue weighted by Gasteiger charge is -2.32. The van der Waals surface area contributed by atoms with E-state index < -0.39 is 5.95 Å². The molecule has 6 rings (SSSR count). The lowest BCUT2D eigenvalue weighted by molar-refractivity contribution is -0.130. The highest BCUT2D eigenvalue weighted by atomic mass is 32.1. The fourth-order valence-corrected chi connectivity index (χ4v) is 6.68. The standard InChI is InChI=1S/C32H32FN7O3S/c1-21(41)38-14-9-24(10-15-38)43-25-6-7-27(23(17-25)18-34)40-13-3-4-28(40)26-20-44-32(36-26)37-31(42)29-5-2-12-39(29)19-22-8-11-35-30(33)16-22/h2,5-8,11-12,16-17,20,24,28H,3-4,9-10,13-15,19H2,1H3,(H,36,37,42)/t28-/m1/s1. The minimum Gasteiger partial charge on any atom is -0.490 e. The molecule has 2 aliphatic heterocycles. The van der Waals surface area contributed by atoms with Crippen LogP contribution in [0.25, 0.3) is 0 Å². The van der Waals surface area contributed by atoms with E-state index in [1.54, 1.807) is 42.0 Å². The van der Waals surface area contributed by atoms with E-state index in [1.165, 1.54) is 23.6 Å². The van der Waals surface area contributed by atoms with Crippen molar-refractivity contribution in [1.82, 2.24) is 19.4 Å². The number of amides is 2. The van der Waals surface area contributed by atoms with E-state index in [1.807, 2.05) is 22.4 Å². The molecule has 2 saturated heterocycles. The van der Waals surface area contributed by atoms with Gasteiger partial charge in [0.15, 0.2) is 5.13 Å². The summed E-state index contributed by atoms with van der Waals surface area (Å²) in [7, 11) is 0. The molecule has 0 radical (unpaired) electrons. The number of hydrogen-bond acceptors (Lipinski definition) is 8. The highest BCUT2D eigenvalue weighted by molar-refractivity contribution is 7.14. The van der Waals surface area contributed by atoms with E-state index >= 15 is 0 Å². The summed E-state index contributed by atoms with van der Waals surface area (Å²) >= 11 is 1.36. The number of carbonyl (C=O) groups is 2. The van der Waals surface area contributed by atoms with Gasteiger partial charge in [0, 0.05) is 69.8 Å². The van der Waals surface area contributed by atoms with Crippen LogP contribution in [0.1, 0.15) is 66.0 Å². The average Bonchev–Trinajstić information content (AvgIpc) is 3.79. The molecule has 12 heteroatoms. The van der Waals surface area contributed by atoms with Crippen LogP contribution in [-0.4, -0.2) is 57.0 Å². The predicted octanol–water partition coefficient (Wildman–Crippen LogP) is 5.38. The summed E-state index contributed by atoms with van der Waals surface area (Å²) in [6, 6.07) is 14.5. The number of thiazole rings is 1. The van der Waals surface area contributed by atoms with Gasteiger partial charge in [-0.1, -0.05) is 0 Å². The summed E-state index contributed by atoms with van der Waals surface area (Å²) in [5, 5.41) is 15.4. The van der Waals surface area contributed by atoms with E-state index in [0.29, 0.717) is 47.3 Å². The van der Waals surface area contributed by atoms with E-state index in [2.05, 4.69) is 21.3 Å². The Morgan fingerprint density at radius 2 is 2.00 bits per heavy atom. The monoisotopic (exact) mass is 613 g/mol. The fourth-order valence-electron chi connectivity index (χ4n) is 5.93. The van der Waals surface area contributed by atoms with Gasteiger partial charge in [0.25, 0.3) is 5.91 Å². The molecule has 2 aliphatic rings. The Hall–Kier alpha value is -4.76. The number of nitriles is 1. The molecule has 1 aromatic carbocycles. The van der Waals surface area contributed by atoms with Gasteiger partial charge in [-0.2, -0.15) is 9.65 Å². The first kappa shape index (κ1) is 29.3. The second kappa shape index (κ2) is 12.9. The normalized spacial score (nSPS) is 17.0. The van der Waals surface area contributed by atoms with Crippen LogP contribution < -0.4 is 15.0 Å². The molecule has 2 fully saturated rings. The van der Waals surface area contributed by atoms with Crippen LogP contribution in [-0.2, 0) is 11.3 Å². The van der Waals surface area contributed by atoms with Crippen LogP contribution in [0.5, 0.6) is 5.75 Å². The molecule has 10 nitrogen and oxygen atoms in total. The van der Waals surface area contributed by atoms with Gasteiger partial charge in [-0.15, -0.1) is 11.3 Å². The number of pyridine rings is 1. The zero-order chi connectivity index (χ0) is 30.6. The van der Waals surface area contributed by atoms with Crippen molar-refractivity contribution >= 4 is 34.0 Å². The number of anilines is 2. The van der Waals surface area contributed by atoms with Gasteiger partial charge in [-0.3, -0.25) is 14.9 Å². The van der Waals surface area contributed by atoms with Gasteiger partial charge in [-0.25, -0.2) is 9.97 Å². The fraction of sp³-hybridized carbons (Fsp3) is 0.344. The van der Waals surface area contributed by atoms with Crippen molar-refractivity contribution in [2.45, 2.75) is 51.3 Å². The maximum atomic E-state index is 13.5. The topological polar surface area (TPSA) is 116 Å². The summed E-state index contributed by atoms with van der Waals surface area (Å²) < 4.78 is 21.5. The molecule has 0 unspecified atom stereocenters. The van der Waals surface area contributed by atoms with Crippen molar-refractivity contribution in [3.63, 3.8) is 0 Å². The van der Waals surface area contributed by atoms with Gasteiger partial charge < -0.3 is 19.1 Å². The van der Waals surface area contributed by atoms with Crippen LogP contribution in [0.3, 0.4) is 0 Å². The zero-order valence-electron chi connectivity index (χ0n) is 24.3. The smallest absolute Gasteiger partial charge is 0.274 e. The SMILES string of the molecule is CC(=O)N1CCC(Oc2ccc(N3CCC[C@@H]3c3csc(NC(=O)c4cccn4Cc4ccnc(F)c4)n3)c(C#N)c2)CC1. The quantitative estimate of drug-likeness (QED) is 0.265. The molecular weight excluding hydrogens is 581 g/mol. The molecule has 1 atom stereocenters. The van der Waals surface area contributed by atoms with Gasteiger partial charge in [0.1, 0.15) is 23.6 Å². The third kappa shape index (κ3) is 6.43. The molecule has 1 N–H and O–H groups in total. The Balaban J connectivity index is 1.12. The number of nitrogens with zero attached hydrogens (tertiary/aromatic N) is 6. The largest absolute Gasteiger partial charge is 0.490 e. The van der Waals surface area contributed by atoms with E-state index in [0.717, 1.165) is 43.6 Å². The van der Waals surface area contributed by atoms with Crippen molar-refractivity contribution in [2.75, 3.05) is 29.9 Å². The Morgan fingerprint density at radius 1 is 1.16 bits per heavy atom. The predicted molar refractivity (Wildman–Crippen MR) is 164 cm³/mol. The molecule has 0 spiro atoms. The Labute approximate surface area is 258 Å². The summed E-state index contributed by atoms with van der Waals surface area (Å²) in [5.41, 5.74) is 3.34. The van der Waals surface area contributed by atoms with Crippen LogP contribution in [0, 0.1) is 17.3 Å². The maximum Gasteiger partial charge on any atom is 0.274 e. The number of likely N-dealkylation sites (tertiary alicyclic amines) is 1. The molecule has 2 amide bonds. The molecule has 0 bridgehead atoms. The number of halogens is 1. The first-order chi connectivity index (χ1) is 21.4. The summed E-state index contributed by atoms with van der Waals surface area (Å²) in [5.74, 6) is -0.131. The number of ether oxygens (including phenoxy) is 1. The second-order valence-corrected chi connectivity index (χ2v) is 11.9. The molecule has 4 aromatic rings. The summed E-state index contributed by atoms with van der Waals surface area (Å²) in [4.78, 5) is 37.1. The Morgan fingerprint density at radius 3 is 2.77 bits per heavy atom. The Kier molecular flexibility index (Phi) is 8.56. The number of nitrogens with one attached hydrogen (secondary N) is 1. The Bertz CT molecular complexity index is 1710. The average molecular weight is 614 g/mol. The van der Waals surface area contributed by atoms with Crippen molar-refractivity contribution < 1.29 is 18.7 Å². The molecule has 226 valence electrons. The minimum atomic E-state index is -0.564. The van der Waals surface area contributed by atoms with Crippen LogP contribution in [0.15, 0.2) is 60.2 Å². The molecular formula is C32H32FN7O3S. The number of rotatable bonds is 8. The van der Waals surface area contributed by atoms with Crippen molar-refractivity contribution in [1.29, 1.82) is 5.26 Å². The third-order valence-corrected chi connectivity index (χ3v) is 8.91. The van der Waals surface area contributed by atoms with Crippen LogP contribution >= 0.6 is 11.3 Å².